The molecule has 3 aromatic heterocycles. The number of rotatable bonds is 6. The average molecular weight is 598 g/mol. The zero-order chi connectivity index (χ0) is 29.3. The summed E-state index contributed by atoms with van der Waals surface area (Å²) in [6, 6.07) is 16.3. The van der Waals surface area contributed by atoms with Gasteiger partial charge in [-0.05, 0) is 56.3 Å². The highest BCUT2D eigenvalue weighted by Gasteiger charge is 2.34. The highest BCUT2D eigenvalue weighted by molar-refractivity contribution is 7.22. The fourth-order valence-corrected chi connectivity index (χ4v) is 6.46. The van der Waals surface area contributed by atoms with Gasteiger partial charge in [0.2, 0.25) is 0 Å². The van der Waals surface area contributed by atoms with Crippen molar-refractivity contribution < 1.29 is 18.7 Å². The molecule has 2 N–H and O–H groups in total. The monoisotopic (exact) mass is 597 g/mol. The number of hydrogen-bond donors (Lipinski definition) is 2. The number of carbonyl (C=O) groups excluding carboxylic acids is 2. The molecule has 5 heterocycles. The maximum absolute atomic E-state index is 15.2. The summed E-state index contributed by atoms with van der Waals surface area (Å²) in [5.74, 6) is -0.167. The highest BCUT2D eigenvalue weighted by Crippen LogP contribution is 2.40. The molecule has 0 saturated carbocycles. The van der Waals surface area contributed by atoms with Gasteiger partial charge in [-0.1, -0.05) is 18.2 Å². The lowest BCUT2D eigenvalue weighted by Crippen LogP contribution is -2.39. The summed E-state index contributed by atoms with van der Waals surface area (Å²) in [7, 11) is 0. The minimum Gasteiger partial charge on any atom is -0.453 e. The fourth-order valence-electron chi connectivity index (χ4n) is 5.42. The van der Waals surface area contributed by atoms with Gasteiger partial charge in [0.1, 0.15) is 5.75 Å². The number of nitrogens with zero attached hydrogens (tertiary/aromatic N) is 5. The molecule has 2 aliphatic rings. The van der Waals surface area contributed by atoms with E-state index in [4.69, 9.17) is 4.74 Å². The number of para-hydroxylation sites is 1. The molecular weight excluding hydrogens is 569 g/mol. The van der Waals surface area contributed by atoms with Gasteiger partial charge in [-0.2, -0.15) is 5.10 Å². The molecular formula is C31H28FN7O3S. The number of thiophene rings is 1. The van der Waals surface area contributed by atoms with Crippen molar-refractivity contribution in [3.63, 3.8) is 0 Å². The van der Waals surface area contributed by atoms with Gasteiger partial charge in [0.15, 0.2) is 11.6 Å². The van der Waals surface area contributed by atoms with Gasteiger partial charge in [-0.25, -0.2) is 18.9 Å². The predicted molar refractivity (Wildman–Crippen MR) is 163 cm³/mol. The number of hydrogen-bond acceptors (Lipinski definition) is 7. The summed E-state index contributed by atoms with van der Waals surface area (Å²) >= 11 is 1.51. The highest BCUT2D eigenvalue weighted by atomic mass is 32.1. The molecule has 2 fully saturated rings. The van der Waals surface area contributed by atoms with Crippen LogP contribution in [0.2, 0.25) is 0 Å². The molecule has 12 heteroatoms. The predicted octanol–water partition coefficient (Wildman–Crippen LogP) is 6.49. The first kappa shape index (κ1) is 27.0. The van der Waals surface area contributed by atoms with Crippen molar-refractivity contribution in [3.8, 4) is 21.9 Å². The van der Waals surface area contributed by atoms with Gasteiger partial charge in [0, 0.05) is 52.9 Å². The first-order chi connectivity index (χ1) is 21.0. The Morgan fingerprint density at radius 2 is 1.88 bits per heavy atom. The number of aromatic nitrogens is 3. The van der Waals surface area contributed by atoms with Gasteiger partial charge in [0.25, 0.3) is 0 Å². The summed E-state index contributed by atoms with van der Waals surface area (Å²) in [6.07, 6.45) is 7.66. The molecule has 2 aromatic carbocycles. The number of anilines is 2. The van der Waals surface area contributed by atoms with E-state index in [2.05, 4.69) is 26.9 Å². The zero-order valence-electron chi connectivity index (χ0n) is 23.1. The number of carbonyl (C=O) groups is 2. The van der Waals surface area contributed by atoms with E-state index in [9.17, 15) is 9.59 Å². The molecule has 43 heavy (non-hydrogen) atoms. The lowest BCUT2D eigenvalue weighted by Gasteiger charge is -2.22. The van der Waals surface area contributed by atoms with Crippen LogP contribution in [0.25, 0.3) is 20.7 Å². The van der Waals surface area contributed by atoms with Crippen LogP contribution in [0.5, 0.6) is 11.5 Å². The number of benzene rings is 2. The molecule has 5 aromatic rings. The van der Waals surface area contributed by atoms with Gasteiger partial charge in [-0.15, -0.1) is 11.3 Å². The largest absolute Gasteiger partial charge is 0.453 e. The number of ether oxygens (including phenoxy) is 1. The van der Waals surface area contributed by atoms with Crippen molar-refractivity contribution in [2.75, 3.05) is 36.4 Å². The SMILES string of the molecule is O=C(Nc1ccc(Oc2ccnc3cc(-c4cnn(C5CCNCC5)c4)sc23)c(F)c1)N1CCN(c2ccccc2)C1=O. The Kier molecular flexibility index (Phi) is 7.21. The first-order valence-electron chi connectivity index (χ1n) is 14.1. The number of amides is 4. The summed E-state index contributed by atoms with van der Waals surface area (Å²) < 4.78 is 24.0. The number of nitrogens with one attached hydrogen (secondary N) is 2. The number of piperidine rings is 1. The maximum atomic E-state index is 15.2. The first-order valence-corrected chi connectivity index (χ1v) is 14.9. The minimum absolute atomic E-state index is 0.00618. The van der Waals surface area contributed by atoms with Crippen molar-refractivity contribution in [2.45, 2.75) is 18.9 Å². The number of halogens is 1. The van der Waals surface area contributed by atoms with Crippen molar-refractivity contribution in [1.29, 1.82) is 0 Å². The molecule has 0 aliphatic carbocycles. The van der Waals surface area contributed by atoms with E-state index >= 15 is 4.39 Å². The second-order valence-electron chi connectivity index (χ2n) is 10.4. The van der Waals surface area contributed by atoms with Crippen LogP contribution in [0.4, 0.5) is 25.4 Å². The van der Waals surface area contributed by atoms with E-state index in [1.165, 1.54) is 28.4 Å². The van der Waals surface area contributed by atoms with Crippen LogP contribution in [0, 0.1) is 5.82 Å². The smallest absolute Gasteiger partial charge is 0.332 e. The molecule has 0 unspecified atom stereocenters. The molecule has 0 atom stereocenters. The maximum Gasteiger partial charge on any atom is 0.332 e. The second kappa shape index (κ2) is 11.5. The molecule has 0 radical (unpaired) electrons. The van der Waals surface area contributed by atoms with Gasteiger partial charge >= 0.3 is 12.1 Å². The third kappa shape index (κ3) is 5.42. The minimum atomic E-state index is -0.651. The van der Waals surface area contributed by atoms with E-state index in [0.717, 1.165) is 51.5 Å². The summed E-state index contributed by atoms with van der Waals surface area (Å²) in [5, 5.41) is 10.6. The van der Waals surface area contributed by atoms with Crippen LogP contribution in [0.1, 0.15) is 18.9 Å². The number of urea groups is 2. The number of fused-ring (bicyclic) bond motifs is 1. The van der Waals surface area contributed by atoms with Gasteiger partial charge in [-0.3, -0.25) is 14.6 Å². The van der Waals surface area contributed by atoms with E-state index in [1.54, 1.807) is 18.3 Å². The zero-order valence-corrected chi connectivity index (χ0v) is 23.9. The quantitative estimate of drug-likeness (QED) is 0.232. The summed E-state index contributed by atoms with van der Waals surface area (Å²) in [5.41, 5.74) is 2.67. The van der Waals surface area contributed by atoms with Crippen LogP contribution in [0.3, 0.4) is 0 Å². The van der Waals surface area contributed by atoms with Crippen LogP contribution in [-0.4, -0.2) is 57.9 Å². The van der Waals surface area contributed by atoms with Crippen LogP contribution in [-0.2, 0) is 0 Å². The van der Waals surface area contributed by atoms with Crippen LogP contribution in [0.15, 0.2) is 79.3 Å². The molecule has 218 valence electrons. The van der Waals surface area contributed by atoms with Crippen LogP contribution < -0.4 is 20.3 Å². The number of imide groups is 1. The average Bonchev–Trinajstić information content (AvgIpc) is 3.78. The Morgan fingerprint density at radius 1 is 1.05 bits per heavy atom. The molecule has 7 rings (SSSR count). The molecule has 2 aliphatic heterocycles. The lowest BCUT2D eigenvalue weighted by atomic mass is 10.1. The Balaban J connectivity index is 1.05. The van der Waals surface area contributed by atoms with Crippen molar-refractivity contribution in [1.82, 2.24) is 25.0 Å². The summed E-state index contributed by atoms with van der Waals surface area (Å²) in [4.78, 5) is 33.8. The normalized spacial score (nSPS) is 15.8. The van der Waals surface area contributed by atoms with E-state index in [-0.39, 0.29) is 18.0 Å². The Bertz CT molecular complexity index is 1800. The lowest BCUT2D eigenvalue weighted by molar-refractivity contribution is 0.209. The third-order valence-electron chi connectivity index (χ3n) is 7.67. The van der Waals surface area contributed by atoms with Crippen molar-refractivity contribution in [2.24, 2.45) is 0 Å². The molecule has 0 bridgehead atoms. The Morgan fingerprint density at radius 3 is 2.70 bits per heavy atom. The Labute approximate surface area is 250 Å². The molecule has 4 amide bonds. The Hall–Kier alpha value is -4.81. The van der Waals surface area contributed by atoms with Gasteiger partial charge in [0.05, 0.1) is 29.0 Å². The third-order valence-corrected chi connectivity index (χ3v) is 8.86. The van der Waals surface area contributed by atoms with E-state index in [0.29, 0.717) is 24.0 Å². The van der Waals surface area contributed by atoms with Crippen molar-refractivity contribution in [3.05, 3.63) is 85.1 Å². The second-order valence-corrected chi connectivity index (χ2v) is 11.5. The molecule has 2 saturated heterocycles. The topological polar surface area (TPSA) is 105 Å². The molecule has 0 spiro atoms. The van der Waals surface area contributed by atoms with Gasteiger partial charge < -0.3 is 15.4 Å². The van der Waals surface area contributed by atoms with Crippen molar-refractivity contribution >= 4 is 45.0 Å². The van der Waals surface area contributed by atoms with E-state index in [1.807, 2.05) is 47.3 Å². The standard InChI is InChI=1S/C31H28FN7O3S/c32-24-16-21(36-30(40)38-15-14-37(31(38)41)22-4-2-1-3-5-22)6-7-26(24)42-27-10-13-34-25-17-28(43-29(25)27)20-18-35-39(19-20)23-8-11-33-12-9-23/h1-7,10,13,16-19,23,33H,8-9,11-12,14-15H2,(H,36,40). The van der Waals surface area contributed by atoms with E-state index < -0.39 is 17.9 Å². The van der Waals surface area contributed by atoms with Crippen LogP contribution >= 0.6 is 11.3 Å². The number of pyridine rings is 1. The summed E-state index contributed by atoms with van der Waals surface area (Å²) in [6.45, 7) is 2.58. The molecule has 10 nitrogen and oxygen atoms in total. The fraction of sp³-hybridized carbons (Fsp3) is 0.226.